The first-order chi connectivity index (χ1) is 15.3. The van der Waals surface area contributed by atoms with Gasteiger partial charge in [-0.05, 0) is 39.7 Å². The quantitative estimate of drug-likeness (QED) is 0.593. The van der Waals surface area contributed by atoms with Gasteiger partial charge in [0, 0.05) is 24.7 Å². The van der Waals surface area contributed by atoms with Crippen molar-refractivity contribution in [2.24, 2.45) is 5.92 Å². The molecule has 1 aromatic carbocycles. The van der Waals surface area contributed by atoms with Crippen LogP contribution in [-0.2, 0) is 4.79 Å². The molecule has 1 fully saturated rings. The minimum Gasteiger partial charge on any atom is -0.495 e. The number of hydrogen-bond acceptors (Lipinski definition) is 7. The monoisotopic (exact) mass is 458 g/mol. The average Bonchev–Trinajstić information content (AvgIpc) is 3.06. The number of benzene rings is 1. The second-order valence-corrected chi connectivity index (χ2v) is 8.43. The van der Waals surface area contributed by atoms with Crippen molar-refractivity contribution in [1.29, 1.82) is 0 Å². The van der Waals surface area contributed by atoms with Gasteiger partial charge < -0.3 is 24.1 Å². The molecule has 1 saturated heterocycles. The fourth-order valence-corrected chi connectivity index (χ4v) is 4.38. The fraction of sp³-hybridized carbons (Fsp3) is 0.435. The summed E-state index contributed by atoms with van der Waals surface area (Å²) in [4.78, 5) is 24.5. The molecule has 1 amide bonds. The van der Waals surface area contributed by atoms with Crippen molar-refractivity contribution in [3.8, 4) is 11.5 Å². The normalized spacial score (nSPS) is 16.3. The number of amides is 1. The predicted octanol–water partition coefficient (Wildman–Crippen LogP) is 4.67. The van der Waals surface area contributed by atoms with E-state index in [0.717, 1.165) is 41.9 Å². The zero-order chi connectivity index (χ0) is 23.0. The van der Waals surface area contributed by atoms with Crippen molar-refractivity contribution in [3.63, 3.8) is 0 Å². The van der Waals surface area contributed by atoms with E-state index in [2.05, 4.69) is 15.2 Å². The fourth-order valence-electron chi connectivity index (χ4n) is 4.14. The van der Waals surface area contributed by atoms with E-state index in [1.165, 1.54) is 7.11 Å². The van der Waals surface area contributed by atoms with Crippen LogP contribution in [0.15, 0.2) is 16.5 Å². The van der Waals surface area contributed by atoms with Crippen molar-refractivity contribution in [2.75, 3.05) is 37.5 Å². The highest BCUT2D eigenvalue weighted by molar-refractivity contribution is 6.32. The van der Waals surface area contributed by atoms with Gasteiger partial charge in [-0.25, -0.2) is 4.98 Å². The topological polar surface area (TPSA) is 89.7 Å². The van der Waals surface area contributed by atoms with E-state index in [-0.39, 0.29) is 11.8 Å². The molecule has 9 heteroatoms. The van der Waals surface area contributed by atoms with Crippen molar-refractivity contribution < 1.29 is 18.7 Å². The van der Waals surface area contributed by atoms with Crippen LogP contribution in [-0.4, -0.2) is 43.2 Å². The summed E-state index contributed by atoms with van der Waals surface area (Å²) < 4.78 is 16.5. The van der Waals surface area contributed by atoms with E-state index in [1.54, 1.807) is 19.2 Å². The highest BCUT2D eigenvalue weighted by Gasteiger charge is 2.29. The number of halogens is 1. The number of fused-ring (bicyclic) bond motifs is 1. The van der Waals surface area contributed by atoms with Gasteiger partial charge in [0.15, 0.2) is 0 Å². The molecular formula is C23H27ClN4O4. The first kappa shape index (κ1) is 22.2. The summed E-state index contributed by atoms with van der Waals surface area (Å²) in [6.07, 6.45) is 1.66. The van der Waals surface area contributed by atoms with Gasteiger partial charge >= 0.3 is 0 Å². The summed E-state index contributed by atoms with van der Waals surface area (Å²) in [5.74, 6) is 2.97. The van der Waals surface area contributed by atoms with Gasteiger partial charge in [0.2, 0.25) is 11.6 Å². The van der Waals surface area contributed by atoms with Crippen molar-refractivity contribution in [1.82, 2.24) is 9.97 Å². The standard InChI is InChI=1S/C23H27ClN4O4/c1-12-13(2)32-23-20(12)21(25-14(3)26-23)28-8-6-7-15(11-28)22(29)27-17-9-16(24)18(30-4)10-19(17)31-5/h9-10,15H,6-8,11H2,1-5H3,(H,27,29)/t15-/m0/s1. The second-order valence-electron chi connectivity index (χ2n) is 8.02. The van der Waals surface area contributed by atoms with Crippen LogP contribution in [0, 0.1) is 26.7 Å². The molecule has 0 bridgehead atoms. The first-order valence-electron chi connectivity index (χ1n) is 10.5. The number of aryl methyl sites for hydroxylation is 3. The lowest BCUT2D eigenvalue weighted by Crippen LogP contribution is -2.41. The zero-order valence-electron chi connectivity index (χ0n) is 18.9. The maximum atomic E-state index is 13.2. The largest absolute Gasteiger partial charge is 0.495 e. The first-order valence-corrected chi connectivity index (χ1v) is 10.9. The molecule has 1 N–H and O–H groups in total. The number of nitrogens with one attached hydrogen (secondary N) is 1. The van der Waals surface area contributed by atoms with Crippen LogP contribution >= 0.6 is 11.6 Å². The molecule has 0 spiro atoms. The Bertz CT molecular complexity index is 1180. The summed E-state index contributed by atoms with van der Waals surface area (Å²) in [7, 11) is 3.07. The number of hydrogen-bond donors (Lipinski definition) is 1. The van der Waals surface area contributed by atoms with Crippen LogP contribution in [0.4, 0.5) is 11.5 Å². The maximum absolute atomic E-state index is 13.2. The third kappa shape index (κ3) is 4.07. The summed E-state index contributed by atoms with van der Waals surface area (Å²) in [6, 6.07) is 3.31. The summed E-state index contributed by atoms with van der Waals surface area (Å²) in [5.41, 5.74) is 2.13. The molecular weight excluding hydrogens is 432 g/mol. The lowest BCUT2D eigenvalue weighted by atomic mass is 9.96. The molecule has 1 atom stereocenters. The number of methoxy groups -OCH3 is 2. The summed E-state index contributed by atoms with van der Waals surface area (Å²) >= 11 is 6.25. The molecule has 8 nitrogen and oxygen atoms in total. The van der Waals surface area contributed by atoms with Crippen LogP contribution in [0.5, 0.6) is 11.5 Å². The number of carbonyl (C=O) groups excluding carboxylic acids is 1. The number of rotatable bonds is 5. The zero-order valence-corrected chi connectivity index (χ0v) is 19.7. The Morgan fingerprint density at radius 1 is 1.19 bits per heavy atom. The Morgan fingerprint density at radius 2 is 1.94 bits per heavy atom. The van der Waals surface area contributed by atoms with E-state index in [4.69, 9.17) is 30.5 Å². The molecule has 3 heterocycles. The molecule has 0 aliphatic carbocycles. The van der Waals surface area contributed by atoms with Gasteiger partial charge in [-0.3, -0.25) is 4.79 Å². The predicted molar refractivity (Wildman–Crippen MR) is 124 cm³/mol. The molecule has 2 aromatic heterocycles. The van der Waals surface area contributed by atoms with Gasteiger partial charge in [-0.1, -0.05) is 11.6 Å². The average molecular weight is 459 g/mol. The molecule has 0 saturated carbocycles. The van der Waals surface area contributed by atoms with E-state index in [1.807, 2.05) is 20.8 Å². The number of ether oxygens (including phenoxy) is 2. The van der Waals surface area contributed by atoms with Crippen LogP contribution in [0.2, 0.25) is 5.02 Å². The Balaban J connectivity index is 1.59. The van der Waals surface area contributed by atoms with Crippen LogP contribution in [0.3, 0.4) is 0 Å². The van der Waals surface area contributed by atoms with Crippen LogP contribution < -0.4 is 19.7 Å². The minimum absolute atomic E-state index is 0.0867. The Labute approximate surface area is 191 Å². The van der Waals surface area contributed by atoms with Crippen molar-refractivity contribution >= 4 is 40.1 Å². The number of aromatic nitrogens is 2. The lowest BCUT2D eigenvalue weighted by molar-refractivity contribution is -0.120. The third-order valence-corrected chi connectivity index (χ3v) is 6.24. The van der Waals surface area contributed by atoms with Crippen LogP contribution in [0.25, 0.3) is 11.1 Å². The highest BCUT2D eigenvalue weighted by Crippen LogP contribution is 2.37. The molecule has 0 unspecified atom stereocenters. The Morgan fingerprint density at radius 3 is 2.66 bits per heavy atom. The number of furan rings is 1. The molecule has 32 heavy (non-hydrogen) atoms. The number of carbonyl (C=O) groups is 1. The summed E-state index contributed by atoms with van der Waals surface area (Å²) in [5, 5.41) is 4.29. The minimum atomic E-state index is -0.215. The number of nitrogens with zero attached hydrogens (tertiary/aromatic N) is 3. The maximum Gasteiger partial charge on any atom is 0.231 e. The van der Waals surface area contributed by atoms with Gasteiger partial charge in [-0.2, -0.15) is 4.98 Å². The van der Waals surface area contributed by atoms with Gasteiger partial charge in [0.1, 0.15) is 28.9 Å². The highest BCUT2D eigenvalue weighted by atomic mass is 35.5. The van der Waals surface area contributed by atoms with E-state index in [9.17, 15) is 4.79 Å². The second kappa shape index (κ2) is 8.86. The van der Waals surface area contributed by atoms with Crippen molar-refractivity contribution in [2.45, 2.75) is 33.6 Å². The van der Waals surface area contributed by atoms with E-state index >= 15 is 0 Å². The molecule has 3 aromatic rings. The molecule has 170 valence electrons. The van der Waals surface area contributed by atoms with Crippen molar-refractivity contribution in [3.05, 3.63) is 34.3 Å². The number of anilines is 2. The SMILES string of the molecule is COc1cc(OC)c(NC(=O)[C@H]2CCCN(c3nc(C)nc4oc(C)c(C)c34)C2)cc1Cl. The van der Waals surface area contributed by atoms with Gasteiger partial charge in [0.25, 0.3) is 0 Å². The smallest absolute Gasteiger partial charge is 0.231 e. The molecule has 4 rings (SSSR count). The van der Waals surface area contributed by atoms with Gasteiger partial charge in [-0.15, -0.1) is 0 Å². The Hall–Kier alpha value is -3.00. The van der Waals surface area contributed by atoms with E-state index in [0.29, 0.717) is 40.3 Å². The summed E-state index contributed by atoms with van der Waals surface area (Å²) in [6.45, 7) is 7.15. The Kier molecular flexibility index (Phi) is 6.15. The molecule has 0 radical (unpaired) electrons. The molecule has 1 aliphatic heterocycles. The van der Waals surface area contributed by atoms with Crippen LogP contribution in [0.1, 0.15) is 30.0 Å². The van der Waals surface area contributed by atoms with E-state index < -0.39 is 0 Å². The molecule has 1 aliphatic rings. The lowest BCUT2D eigenvalue weighted by Gasteiger charge is -2.33. The van der Waals surface area contributed by atoms with Gasteiger partial charge in [0.05, 0.1) is 36.2 Å². The third-order valence-electron chi connectivity index (χ3n) is 5.94. The number of piperidine rings is 1.